The van der Waals surface area contributed by atoms with Gasteiger partial charge in [-0.3, -0.25) is 18.7 Å². The number of carbonyl (C=O) groups is 2. The predicted octanol–water partition coefficient (Wildman–Crippen LogP) is -2.01. The van der Waals surface area contributed by atoms with Crippen LogP contribution < -0.4 is 0 Å². The highest BCUT2D eigenvalue weighted by Crippen LogP contribution is 2.76. The first-order valence-corrected chi connectivity index (χ1v) is 34.5. The Balaban J connectivity index is 0.926. The number of methoxy groups -OCH3 is 1. The Bertz CT molecular complexity index is 2920. The topological polar surface area (TPSA) is 474 Å². The van der Waals surface area contributed by atoms with Gasteiger partial charge in [0.1, 0.15) is 115 Å². The van der Waals surface area contributed by atoms with Crippen LogP contribution in [-0.2, 0) is 95.6 Å². The van der Waals surface area contributed by atoms with Crippen LogP contribution in [0.3, 0.4) is 0 Å². The van der Waals surface area contributed by atoms with Crippen molar-refractivity contribution in [1.82, 2.24) is 0 Å². The molecule has 0 radical (unpaired) electrons. The van der Waals surface area contributed by atoms with Crippen molar-refractivity contribution < 1.29 is 152 Å². The number of allylic oxidation sites excluding steroid dienone is 2. The van der Waals surface area contributed by atoms with Crippen molar-refractivity contribution in [3.63, 3.8) is 0 Å². The fraction of sp³-hybridized carbons (Fsp3) is 0.932. The van der Waals surface area contributed by atoms with Gasteiger partial charge in [-0.25, -0.2) is 8.37 Å². The Hall–Kier alpha value is -2.22. The Labute approximate surface area is 539 Å². The summed E-state index contributed by atoms with van der Waals surface area (Å²) >= 11 is 0. The first kappa shape index (κ1) is 73.5. The second kappa shape index (κ2) is 27.4. The Morgan fingerprint density at radius 2 is 1.27 bits per heavy atom. The molecule has 6 aliphatic heterocycles. The van der Waals surface area contributed by atoms with Crippen molar-refractivity contribution in [2.75, 3.05) is 33.5 Å². The summed E-state index contributed by atoms with van der Waals surface area (Å²) in [4.78, 5) is 27.9. The van der Waals surface area contributed by atoms with Gasteiger partial charge >= 0.3 is 26.8 Å². The van der Waals surface area contributed by atoms with E-state index in [0.717, 1.165) is 20.0 Å². The summed E-state index contributed by atoms with van der Waals surface area (Å²) < 4.78 is 149. The quantitative estimate of drug-likeness (QED) is 0.0336. The SMILES string of the molecule is COC1C(O)COC(OC2C(O)C(COS(=O)(=O)O)OC(OC3C(C)OC(OC4C(OC5CCC6(C)C7CCC89C(=O)OC(C)(CC(=O)CC(C)C)C8CCC9(C)C7=CCC6C5(C)C)OCC(OS(=O)(=O)O)C4O)C(OC4OC(CO)C(O)C(O)C4O)C3O)C2O)C1O. The molecule has 9 fully saturated rings. The summed E-state index contributed by atoms with van der Waals surface area (Å²) in [6, 6.07) is 0. The van der Waals surface area contributed by atoms with Crippen LogP contribution in [0.4, 0.5) is 0 Å². The number of Topliss-reactive ketones (excluding diaryl/α,β-unsaturated/α-hetero) is 1. The van der Waals surface area contributed by atoms with Crippen molar-refractivity contribution in [2.24, 2.45) is 45.3 Å². The smallest absolute Gasteiger partial charge is 0.397 e. The van der Waals surface area contributed by atoms with Gasteiger partial charge in [-0.1, -0.05) is 53.2 Å². The zero-order chi connectivity index (χ0) is 68.2. The van der Waals surface area contributed by atoms with Crippen LogP contribution in [0.1, 0.15) is 113 Å². The Kier molecular flexibility index (Phi) is 21.6. The van der Waals surface area contributed by atoms with Gasteiger partial charge in [-0.05, 0) is 87.4 Å². The maximum absolute atomic E-state index is 14.5. The van der Waals surface area contributed by atoms with Gasteiger partial charge in [0.05, 0.1) is 44.1 Å². The lowest BCUT2D eigenvalue weighted by molar-refractivity contribution is -0.405. The molecule has 4 aliphatic carbocycles. The van der Waals surface area contributed by atoms with Crippen LogP contribution in [0.5, 0.6) is 0 Å². The second-order valence-electron chi connectivity index (χ2n) is 28.7. The zero-order valence-corrected chi connectivity index (χ0v) is 54.9. The lowest BCUT2D eigenvalue weighted by Gasteiger charge is -2.64. The Morgan fingerprint density at radius 3 is 1.92 bits per heavy atom. The minimum absolute atomic E-state index is 0.0422. The summed E-state index contributed by atoms with van der Waals surface area (Å²) in [6.07, 6.45) is -37.2. The number of hydrogen-bond acceptors (Lipinski definition) is 30. The van der Waals surface area contributed by atoms with Crippen molar-refractivity contribution in [3.8, 4) is 0 Å². The molecule has 0 aromatic rings. The number of carbonyl (C=O) groups excluding carboxylic acids is 2. The highest BCUT2D eigenvalue weighted by molar-refractivity contribution is 7.81. The molecular weight excluding hydrogens is 1280 g/mol. The van der Waals surface area contributed by atoms with Gasteiger partial charge in [0, 0.05) is 31.3 Å². The average Bonchev–Trinajstić information content (AvgIpc) is 1.54. The number of hydrogen-bond donors (Lipinski definition) is 12. The molecule has 12 N–H and O–H groups in total. The highest BCUT2D eigenvalue weighted by Gasteiger charge is 2.76. The molecular formula is C59H94O32S2. The molecule has 32 nitrogen and oxygen atoms in total. The highest BCUT2D eigenvalue weighted by atomic mass is 32.3. The molecule has 6 heterocycles. The van der Waals surface area contributed by atoms with Crippen molar-refractivity contribution in [1.29, 1.82) is 0 Å². The summed E-state index contributed by atoms with van der Waals surface area (Å²) in [5, 5.41) is 112. The zero-order valence-electron chi connectivity index (χ0n) is 53.3. The number of aliphatic hydroxyl groups excluding tert-OH is 10. The number of ketones is 1. The van der Waals surface area contributed by atoms with E-state index in [4.69, 9.17) is 61.0 Å². The van der Waals surface area contributed by atoms with Crippen molar-refractivity contribution >= 4 is 32.6 Å². The normalized spacial score (nSPS) is 49.2. The summed E-state index contributed by atoms with van der Waals surface area (Å²) in [5.41, 5.74) is -2.14. The molecule has 10 aliphatic rings. The van der Waals surface area contributed by atoms with E-state index < -0.39 is 216 Å². The molecule has 10 rings (SSSR count). The van der Waals surface area contributed by atoms with Crippen LogP contribution in [-0.4, -0.2) is 275 Å². The lowest BCUT2D eigenvalue weighted by Crippen LogP contribution is -2.68. The third-order valence-corrected chi connectivity index (χ3v) is 23.2. The van der Waals surface area contributed by atoms with Crippen LogP contribution >= 0.6 is 0 Å². The van der Waals surface area contributed by atoms with Crippen LogP contribution in [0.25, 0.3) is 0 Å². The van der Waals surface area contributed by atoms with E-state index in [2.05, 4.69) is 24.1 Å². The van der Waals surface area contributed by atoms with Gasteiger partial charge < -0.3 is 108 Å². The Morgan fingerprint density at radius 1 is 0.645 bits per heavy atom. The van der Waals surface area contributed by atoms with E-state index in [1.807, 2.05) is 34.6 Å². The van der Waals surface area contributed by atoms with Gasteiger partial charge in [0.15, 0.2) is 31.5 Å². The van der Waals surface area contributed by atoms with E-state index >= 15 is 0 Å². The summed E-state index contributed by atoms with van der Waals surface area (Å²) in [7, 11) is -9.39. The fourth-order valence-electron chi connectivity index (χ4n) is 17.7. The molecule has 3 saturated carbocycles. The maximum atomic E-state index is 14.5. The van der Waals surface area contributed by atoms with E-state index in [9.17, 15) is 86.6 Å². The largest absolute Gasteiger partial charge is 0.458 e. The number of rotatable bonds is 21. The fourth-order valence-corrected chi connectivity index (χ4v) is 18.5. The molecule has 1 spiro atoms. The lowest BCUT2D eigenvalue weighted by atomic mass is 9.41. The molecule has 34 heteroatoms. The van der Waals surface area contributed by atoms with Gasteiger partial charge in [-0.15, -0.1) is 0 Å². The van der Waals surface area contributed by atoms with E-state index in [1.54, 1.807) is 0 Å². The van der Waals surface area contributed by atoms with Crippen LogP contribution in [0.15, 0.2) is 11.6 Å². The van der Waals surface area contributed by atoms with Crippen LogP contribution in [0.2, 0.25) is 0 Å². The number of esters is 1. The first-order chi connectivity index (χ1) is 43.3. The first-order valence-electron chi connectivity index (χ1n) is 31.8. The number of aliphatic hydroxyl groups is 10. The van der Waals surface area contributed by atoms with Gasteiger partial charge in [-0.2, -0.15) is 16.8 Å². The van der Waals surface area contributed by atoms with Gasteiger partial charge in [0.2, 0.25) is 0 Å². The monoisotopic (exact) mass is 1380 g/mol. The third-order valence-electron chi connectivity index (χ3n) is 22.2. The second-order valence-corrected chi connectivity index (χ2v) is 30.8. The molecule has 93 heavy (non-hydrogen) atoms. The summed E-state index contributed by atoms with van der Waals surface area (Å²) in [6.45, 7) is 12.4. The number of cyclic esters (lactones) is 1. The molecule has 31 atom stereocenters. The van der Waals surface area contributed by atoms with Crippen molar-refractivity contribution in [3.05, 3.63) is 11.6 Å². The number of ether oxygens (including phenoxy) is 12. The average molecular weight is 1380 g/mol. The third kappa shape index (κ3) is 13.7. The molecule has 0 amide bonds. The van der Waals surface area contributed by atoms with Crippen LogP contribution in [0, 0.1) is 45.3 Å². The van der Waals surface area contributed by atoms with Gasteiger partial charge in [0.25, 0.3) is 0 Å². The standard InChI is InChI=1S/C59H94O32S2/c1-24(2)18-26(61)19-58(8)34-13-16-57(7)28-10-11-33-55(4,5)35(14-15-56(33,6)27(28)12-17-59(34,57)54(71)90-58)85-52-47(38(65)32(22-80-52)91-93(75,76)77)89-53-48(88-50-40(67)39(66)36(63)30(20-60)83-50)41(68)44(25(3)82-53)86-51-43(70)46(37(64)31(84-51)23-81-92(72,73)74)87-49-42(69)45(78-9)29(62)21-79-49/h10,24-25,27,29-53,60,62-70H,11-23H2,1-9H3,(H,72,73,74)(H,75,76,77). The maximum Gasteiger partial charge on any atom is 0.397 e. The molecule has 0 aromatic heterocycles. The minimum atomic E-state index is -5.32. The van der Waals surface area contributed by atoms with E-state index in [-0.39, 0.29) is 47.3 Å². The minimum Gasteiger partial charge on any atom is -0.458 e. The molecule has 6 saturated heterocycles. The summed E-state index contributed by atoms with van der Waals surface area (Å²) in [5.74, 6) is -0.212. The predicted molar refractivity (Wildman–Crippen MR) is 308 cm³/mol. The van der Waals surface area contributed by atoms with E-state index in [0.29, 0.717) is 38.5 Å². The molecule has 0 aromatic carbocycles. The molecule has 31 unspecified atom stereocenters. The van der Waals surface area contributed by atoms with E-state index in [1.165, 1.54) is 12.5 Å². The molecule has 0 bridgehead atoms. The van der Waals surface area contributed by atoms with Crippen molar-refractivity contribution in [2.45, 2.75) is 266 Å². The molecule has 534 valence electrons. The number of fused-ring (bicyclic) bond motifs is 4.